The van der Waals surface area contributed by atoms with Crippen LogP contribution in [0.1, 0.15) is 22.3 Å². The van der Waals surface area contributed by atoms with Gasteiger partial charge in [0.2, 0.25) is 0 Å². The Hall–Kier alpha value is -15.8. The lowest BCUT2D eigenvalue weighted by molar-refractivity contribution is 0.794. The zero-order valence-electron chi connectivity index (χ0n) is 66.3. The van der Waals surface area contributed by atoms with E-state index in [0.717, 1.165) is 94.6 Å². The van der Waals surface area contributed by atoms with Gasteiger partial charge in [0.1, 0.15) is 0 Å². The van der Waals surface area contributed by atoms with Crippen molar-refractivity contribution >= 4 is 0 Å². The van der Waals surface area contributed by atoms with Gasteiger partial charge in [-0.25, -0.2) is 15.0 Å². The highest BCUT2D eigenvalue weighted by Gasteiger charge is 2.51. The summed E-state index contributed by atoms with van der Waals surface area (Å²) in [7, 11) is 0. The zero-order chi connectivity index (χ0) is 80.2. The van der Waals surface area contributed by atoms with Crippen molar-refractivity contribution in [1.82, 2.24) is 15.0 Å². The highest BCUT2D eigenvalue weighted by Crippen LogP contribution is 2.63. The monoisotopic (exact) mass is 1540 g/mol. The molecule has 0 fully saturated rings. The van der Waals surface area contributed by atoms with Gasteiger partial charge in [0.25, 0.3) is 0 Å². The number of hydrogen-bond donors (Lipinski definition) is 0. The quantitative estimate of drug-likeness (QED) is 0.0968. The molecule has 3 nitrogen and oxygen atoms in total. The SMILES string of the molecule is c1ccc(-c2cccc(-c3cccc(-c4ccc(-c5nc(-c6ccc(-c7cccc(-c8cccc(-c9cccc(-c%10cccc(-c%11cccc(-c%12ccc%13c(c%12)C%12(c%14ccccc%14-c%14ccccc%14%12)c%12ccccc%12-%13)c%11)c%10)c9)c8)c7)cc6)nc(-c6cccc(-c7cccc(-c8cccc(-c9cccc(-c%10ccccc%10)c9)c8)c7)c6)n5)cc4)c3)c2)cc1. The number of aromatic nitrogens is 3. The van der Waals surface area contributed by atoms with E-state index in [1.807, 2.05) is 0 Å². The minimum absolute atomic E-state index is 0.397. The van der Waals surface area contributed by atoms with Crippen LogP contribution in [0.5, 0.6) is 0 Å². The molecular weight excluding hydrogens is 1460 g/mol. The second-order valence-corrected chi connectivity index (χ2v) is 31.7. The molecule has 0 saturated carbocycles. The molecule has 2 aliphatic rings. The molecule has 0 saturated heterocycles. The molecule has 0 aliphatic heterocycles. The topological polar surface area (TPSA) is 38.7 Å². The van der Waals surface area contributed by atoms with Gasteiger partial charge in [0.15, 0.2) is 17.5 Å². The van der Waals surface area contributed by atoms with Gasteiger partial charge in [-0.2, -0.15) is 0 Å². The van der Waals surface area contributed by atoms with Gasteiger partial charge in [-0.1, -0.05) is 394 Å². The highest BCUT2D eigenvalue weighted by molar-refractivity contribution is 5.97. The van der Waals surface area contributed by atoms with Crippen molar-refractivity contribution < 1.29 is 0 Å². The molecule has 22 rings (SSSR count). The van der Waals surface area contributed by atoms with Crippen LogP contribution in [0.15, 0.2) is 467 Å². The summed E-state index contributed by atoms with van der Waals surface area (Å²) >= 11 is 0. The molecule has 0 atom stereocenters. The second kappa shape index (κ2) is 30.7. The fourth-order valence-corrected chi connectivity index (χ4v) is 18.5. The first-order chi connectivity index (χ1) is 59.9. The molecule has 3 heteroatoms. The lowest BCUT2D eigenvalue weighted by Crippen LogP contribution is -2.25. The number of benzene rings is 19. The minimum atomic E-state index is -0.397. The van der Waals surface area contributed by atoms with E-state index in [2.05, 4.69) is 467 Å². The van der Waals surface area contributed by atoms with Crippen LogP contribution >= 0.6 is 0 Å². The predicted molar refractivity (Wildman–Crippen MR) is 503 cm³/mol. The molecule has 1 spiro atoms. The Kier molecular flexibility index (Phi) is 18.2. The third-order valence-electron chi connectivity index (χ3n) is 24.5. The van der Waals surface area contributed by atoms with Gasteiger partial charge in [-0.3, -0.25) is 0 Å². The molecule has 1 heterocycles. The van der Waals surface area contributed by atoms with Gasteiger partial charge in [0.05, 0.1) is 5.41 Å². The Morgan fingerprint density at radius 1 is 0.107 bits per heavy atom. The van der Waals surface area contributed by atoms with E-state index in [1.165, 1.54) is 111 Å². The molecule has 0 radical (unpaired) electrons. The molecule has 0 unspecified atom stereocenters. The van der Waals surface area contributed by atoms with Gasteiger partial charge >= 0.3 is 0 Å². The summed E-state index contributed by atoms with van der Waals surface area (Å²) in [5.41, 5.74) is 42.9. The number of rotatable bonds is 16. The van der Waals surface area contributed by atoms with Gasteiger partial charge in [0, 0.05) is 16.7 Å². The first-order valence-corrected chi connectivity index (χ1v) is 41.6. The third kappa shape index (κ3) is 13.5. The number of nitrogens with zero attached hydrogens (tertiary/aromatic N) is 3. The van der Waals surface area contributed by atoms with Gasteiger partial charge < -0.3 is 0 Å². The molecule has 0 bridgehead atoms. The smallest absolute Gasteiger partial charge is 0.164 e. The Labute approximate surface area is 706 Å². The molecule has 564 valence electrons. The van der Waals surface area contributed by atoms with Crippen molar-refractivity contribution in [3.8, 4) is 201 Å². The maximum absolute atomic E-state index is 5.34. The summed E-state index contributed by atoms with van der Waals surface area (Å²) < 4.78 is 0. The Bertz CT molecular complexity index is 7320. The van der Waals surface area contributed by atoms with Crippen LogP contribution in [0, 0.1) is 0 Å². The standard InChI is InChI=1S/C118H77N3/c1-3-24-78(25-4-1)84-28-13-32-88(66-84)90-34-15-30-86(68-90)80-56-60-82(61-57-80)115-119-116(121-117(120-115)106-49-23-48-104(76-106)102-46-21-44-100(74-102)95-39-17-36-92(70-95)89-33-14-29-85(67-89)79-26-5-2-6-27-79)83-62-58-81(59-63-83)87-31-16-35-91(69-87)93-37-18-38-94(71-93)96-40-19-41-97(72-96)98-42-20-43-99(73-98)101-45-22-47-103(75-101)105-64-65-110-109-52-9-12-55-113(109)118(114(110)77-105)111-53-10-7-50-107(111)108-51-8-11-54-112(108)118/h1-77H. The summed E-state index contributed by atoms with van der Waals surface area (Å²) in [5, 5.41) is 0. The van der Waals surface area contributed by atoms with Crippen LogP contribution in [0.2, 0.25) is 0 Å². The highest BCUT2D eigenvalue weighted by atomic mass is 15.0. The molecule has 20 aromatic rings. The first kappa shape index (κ1) is 71.7. The van der Waals surface area contributed by atoms with E-state index >= 15 is 0 Å². The van der Waals surface area contributed by atoms with E-state index in [9.17, 15) is 0 Å². The van der Waals surface area contributed by atoms with Gasteiger partial charge in [-0.15, -0.1) is 0 Å². The zero-order valence-corrected chi connectivity index (χ0v) is 66.3. The van der Waals surface area contributed by atoms with Crippen molar-refractivity contribution in [3.63, 3.8) is 0 Å². The van der Waals surface area contributed by atoms with Gasteiger partial charge in [-0.05, 0) is 262 Å². The van der Waals surface area contributed by atoms with E-state index in [1.54, 1.807) is 0 Å². The van der Waals surface area contributed by atoms with Crippen LogP contribution in [0.4, 0.5) is 0 Å². The molecular formula is C118H77N3. The average molecular weight is 1540 g/mol. The number of hydrogen-bond acceptors (Lipinski definition) is 3. The van der Waals surface area contributed by atoms with E-state index in [0.29, 0.717) is 17.5 Å². The Morgan fingerprint density at radius 2 is 0.273 bits per heavy atom. The van der Waals surface area contributed by atoms with E-state index < -0.39 is 5.41 Å². The normalized spacial score (nSPS) is 12.0. The molecule has 19 aromatic carbocycles. The third-order valence-corrected chi connectivity index (χ3v) is 24.5. The molecule has 121 heavy (non-hydrogen) atoms. The molecule has 0 N–H and O–H groups in total. The molecule has 1 aromatic heterocycles. The first-order valence-electron chi connectivity index (χ1n) is 41.6. The molecule has 2 aliphatic carbocycles. The summed E-state index contributed by atoms with van der Waals surface area (Å²) in [4.78, 5) is 16.0. The molecule has 0 amide bonds. The number of fused-ring (bicyclic) bond motifs is 10. The van der Waals surface area contributed by atoms with Crippen molar-refractivity contribution in [2.45, 2.75) is 5.41 Å². The summed E-state index contributed by atoms with van der Waals surface area (Å²) in [6, 6.07) is 170. The lowest BCUT2D eigenvalue weighted by Gasteiger charge is -2.30. The largest absolute Gasteiger partial charge is 0.208 e. The predicted octanol–water partition coefficient (Wildman–Crippen LogP) is 30.9. The average Bonchev–Trinajstić information content (AvgIpc) is 1.51. The van der Waals surface area contributed by atoms with Crippen LogP contribution in [-0.2, 0) is 5.41 Å². The summed E-state index contributed by atoms with van der Waals surface area (Å²) in [5.74, 6) is 1.77. The Balaban J connectivity index is 0.543. The maximum atomic E-state index is 5.34. The second-order valence-electron chi connectivity index (χ2n) is 31.7. The summed E-state index contributed by atoms with van der Waals surface area (Å²) in [6.45, 7) is 0. The van der Waals surface area contributed by atoms with Crippen LogP contribution in [0.25, 0.3) is 201 Å². The van der Waals surface area contributed by atoms with Crippen molar-refractivity contribution in [2.75, 3.05) is 0 Å². The van der Waals surface area contributed by atoms with E-state index in [4.69, 9.17) is 15.0 Å². The van der Waals surface area contributed by atoms with Crippen molar-refractivity contribution in [1.29, 1.82) is 0 Å². The van der Waals surface area contributed by atoms with Crippen LogP contribution in [0.3, 0.4) is 0 Å². The van der Waals surface area contributed by atoms with Crippen molar-refractivity contribution in [3.05, 3.63) is 489 Å². The lowest BCUT2D eigenvalue weighted by atomic mass is 9.70. The van der Waals surface area contributed by atoms with Crippen LogP contribution < -0.4 is 0 Å². The summed E-state index contributed by atoms with van der Waals surface area (Å²) in [6.07, 6.45) is 0. The minimum Gasteiger partial charge on any atom is -0.208 e. The Morgan fingerprint density at radius 3 is 0.537 bits per heavy atom. The fraction of sp³-hybridized carbons (Fsp3) is 0.00847. The van der Waals surface area contributed by atoms with Crippen molar-refractivity contribution in [2.24, 2.45) is 0 Å². The van der Waals surface area contributed by atoms with E-state index in [-0.39, 0.29) is 0 Å². The fourth-order valence-electron chi connectivity index (χ4n) is 18.5. The maximum Gasteiger partial charge on any atom is 0.164 e. The van der Waals surface area contributed by atoms with Crippen LogP contribution in [-0.4, -0.2) is 15.0 Å².